The van der Waals surface area contributed by atoms with Crippen LogP contribution in [-0.2, 0) is 6.54 Å². The van der Waals surface area contributed by atoms with E-state index in [0.717, 1.165) is 21.4 Å². The Bertz CT molecular complexity index is 501. The van der Waals surface area contributed by atoms with Crippen LogP contribution in [0.5, 0.6) is 0 Å². The van der Waals surface area contributed by atoms with Gasteiger partial charge in [-0.1, -0.05) is 6.07 Å². The molecule has 2 aromatic rings. The molecule has 84 valence electrons. The Balaban J connectivity index is 2.27. The van der Waals surface area contributed by atoms with E-state index in [2.05, 4.69) is 26.0 Å². The van der Waals surface area contributed by atoms with E-state index in [1.165, 1.54) is 0 Å². The van der Waals surface area contributed by atoms with Crippen molar-refractivity contribution in [3.63, 3.8) is 0 Å². The predicted octanol–water partition coefficient (Wildman–Crippen LogP) is 2.29. The summed E-state index contributed by atoms with van der Waals surface area (Å²) in [5.74, 6) is 0.540. The fourth-order valence-electron chi connectivity index (χ4n) is 1.53. The van der Waals surface area contributed by atoms with Gasteiger partial charge >= 0.3 is 0 Å². The summed E-state index contributed by atoms with van der Waals surface area (Å²) < 4.78 is 3.02. The third-order valence-corrected chi connectivity index (χ3v) is 3.62. The molecule has 4 nitrogen and oxygen atoms in total. The highest BCUT2D eigenvalue weighted by Gasteiger charge is 2.08. The van der Waals surface area contributed by atoms with Gasteiger partial charge in [0.15, 0.2) is 0 Å². The molecule has 0 saturated heterocycles. The van der Waals surface area contributed by atoms with Crippen LogP contribution in [0.1, 0.15) is 17.0 Å². The van der Waals surface area contributed by atoms with Gasteiger partial charge in [-0.25, -0.2) is 4.98 Å². The van der Waals surface area contributed by atoms with Crippen LogP contribution in [0, 0.1) is 13.8 Å². The fraction of sp³-hybridized carbons (Fsp3) is 0.273. The average Bonchev–Trinajstić information content (AvgIpc) is 2.50. The molecule has 0 saturated carbocycles. The van der Waals surface area contributed by atoms with Crippen molar-refractivity contribution >= 4 is 21.7 Å². The second kappa shape index (κ2) is 4.25. The third-order valence-electron chi connectivity index (χ3n) is 2.47. The monoisotopic (exact) mass is 280 g/mol. The van der Waals surface area contributed by atoms with Crippen LogP contribution in [0.3, 0.4) is 0 Å². The summed E-state index contributed by atoms with van der Waals surface area (Å²) in [4.78, 5) is 4.06. The lowest BCUT2D eigenvalue weighted by Gasteiger charge is -2.04. The van der Waals surface area contributed by atoms with E-state index in [4.69, 9.17) is 5.73 Å². The number of hydrogen-bond acceptors (Lipinski definition) is 3. The number of nitrogen functional groups attached to an aromatic ring is 1. The maximum Gasteiger partial charge on any atom is 0.123 e. The molecule has 0 amide bonds. The number of nitrogens with two attached hydrogens (primary N) is 1. The SMILES string of the molecule is Cc1nn(Cc2ccc(N)nc2)c(C)c1Br. The van der Waals surface area contributed by atoms with Crippen molar-refractivity contribution in [2.24, 2.45) is 0 Å². The zero-order valence-corrected chi connectivity index (χ0v) is 10.8. The first kappa shape index (κ1) is 11.1. The summed E-state index contributed by atoms with van der Waals surface area (Å²) in [6, 6.07) is 3.77. The number of aromatic nitrogens is 3. The zero-order valence-electron chi connectivity index (χ0n) is 9.24. The highest BCUT2D eigenvalue weighted by Crippen LogP contribution is 2.20. The minimum atomic E-state index is 0.540. The van der Waals surface area contributed by atoms with E-state index in [1.54, 1.807) is 12.3 Å². The molecule has 0 atom stereocenters. The highest BCUT2D eigenvalue weighted by molar-refractivity contribution is 9.10. The van der Waals surface area contributed by atoms with Crippen molar-refractivity contribution in [3.8, 4) is 0 Å². The minimum absolute atomic E-state index is 0.540. The van der Waals surface area contributed by atoms with Crippen molar-refractivity contribution in [3.05, 3.63) is 39.8 Å². The van der Waals surface area contributed by atoms with Crippen LogP contribution < -0.4 is 5.73 Å². The van der Waals surface area contributed by atoms with Crippen molar-refractivity contribution in [2.75, 3.05) is 5.73 Å². The number of aryl methyl sites for hydroxylation is 1. The van der Waals surface area contributed by atoms with E-state index >= 15 is 0 Å². The first-order chi connectivity index (χ1) is 7.58. The Morgan fingerprint density at radius 1 is 1.38 bits per heavy atom. The normalized spacial score (nSPS) is 10.7. The van der Waals surface area contributed by atoms with Gasteiger partial charge in [-0.15, -0.1) is 0 Å². The smallest absolute Gasteiger partial charge is 0.123 e. The predicted molar refractivity (Wildman–Crippen MR) is 67.2 cm³/mol. The molecule has 2 heterocycles. The summed E-state index contributed by atoms with van der Waals surface area (Å²) in [6.45, 7) is 4.73. The second-order valence-electron chi connectivity index (χ2n) is 3.73. The Hall–Kier alpha value is -1.36. The summed E-state index contributed by atoms with van der Waals surface area (Å²) in [6.07, 6.45) is 1.78. The van der Waals surface area contributed by atoms with Crippen LogP contribution in [-0.4, -0.2) is 14.8 Å². The van der Waals surface area contributed by atoms with Gasteiger partial charge in [0.25, 0.3) is 0 Å². The molecule has 0 aromatic carbocycles. The maximum atomic E-state index is 5.54. The molecule has 0 fully saturated rings. The summed E-state index contributed by atoms with van der Waals surface area (Å²) in [5.41, 5.74) is 8.75. The molecular formula is C11H13BrN4. The zero-order chi connectivity index (χ0) is 11.7. The molecule has 0 aliphatic carbocycles. The van der Waals surface area contributed by atoms with Gasteiger partial charge < -0.3 is 5.73 Å². The first-order valence-electron chi connectivity index (χ1n) is 4.98. The Morgan fingerprint density at radius 3 is 2.62 bits per heavy atom. The first-order valence-corrected chi connectivity index (χ1v) is 5.77. The largest absolute Gasteiger partial charge is 0.384 e. The Kier molecular flexibility index (Phi) is 2.96. The van der Waals surface area contributed by atoms with E-state index in [9.17, 15) is 0 Å². The van der Waals surface area contributed by atoms with Crippen LogP contribution in [0.15, 0.2) is 22.8 Å². The minimum Gasteiger partial charge on any atom is -0.384 e. The maximum absolute atomic E-state index is 5.54. The van der Waals surface area contributed by atoms with Crippen molar-refractivity contribution in [1.29, 1.82) is 0 Å². The number of rotatable bonds is 2. The molecule has 2 rings (SSSR count). The van der Waals surface area contributed by atoms with Gasteiger partial charge in [-0.3, -0.25) is 4.68 Å². The fourth-order valence-corrected chi connectivity index (χ4v) is 1.82. The van der Waals surface area contributed by atoms with E-state index in [1.807, 2.05) is 24.6 Å². The topological polar surface area (TPSA) is 56.7 Å². The molecule has 0 bridgehead atoms. The van der Waals surface area contributed by atoms with Gasteiger partial charge in [0.1, 0.15) is 5.82 Å². The highest BCUT2D eigenvalue weighted by atomic mass is 79.9. The molecule has 2 aromatic heterocycles. The number of halogens is 1. The number of hydrogen-bond donors (Lipinski definition) is 1. The lowest BCUT2D eigenvalue weighted by molar-refractivity contribution is 0.657. The summed E-state index contributed by atoms with van der Waals surface area (Å²) in [7, 11) is 0. The van der Waals surface area contributed by atoms with Crippen LogP contribution in [0.25, 0.3) is 0 Å². The molecule has 2 N–H and O–H groups in total. The Morgan fingerprint density at radius 2 is 2.12 bits per heavy atom. The average molecular weight is 281 g/mol. The standard InChI is InChI=1S/C11H13BrN4/c1-7-11(12)8(2)16(15-7)6-9-3-4-10(13)14-5-9/h3-5H,6H2,1-2H3,(H2,13,14). The van der Waals surface area contributed by atoms with E-state index in [0.29, 0.717) is 12.4 Å². The Labute approximate surface area is 103 Å². The quantitative estimate of drug-likeness (QED) is 0.918. The lowest BCUT2D eigenvalue weighted by Crippen LogP contribution is -2.04. The molecule has 5 heteroatoms. The van der Waals surface area contributed by atoms with E-state index < -0.39 is 0 Å². The molecule has 16 heavy (non-hydrogen) atoms. The summed E-state index contributed by atoms with van der Waals surface area (Å²) in [5, 5.41) is 4.44. The number of pyridine rings is 1. The molecular weight excluding hydrogens is 268 g/mol. The van der Waals surface area contributed by atoms with Crippen molar-refractivity contribution in [2.45, 2.75) is 20.4 Å². The van der Waals surface area contributed by atoms with Gasteiger partial charge in [0, 0.05) is 6.20 Å². The van der Waals surface area contributed by atoms with Gasteiger partial charge in [-0.05, 0) is 41.4 Å². The number of anilines is 1. The van der Waals surface area contributed by atoms with Gasteiger partial charge in [0.2, 0.25) is 0 Å². The molecule has 0 radical (unpaired) electrons. The van der Waals surface area contributed by atoms with Crippen molar-refractivity contribution in [1.82, 2.24) is 14.8 Å². The van der Waals surface area contributed by atoms with Gasteiger partial charge in [-0.2, -0.15) is 5.10 Å². The summed E-state index contributed by atoms with van der Waals surface area (Å²) >= 11 is 3.51. The molecule has 0 aliphatic rings. The van der Waals surface area contributed by atoms with Gasteiger partial charge in [0.05, 0.1) is 22.4 Å². The second-order valence-corrected chi connectivity index (χ2v) is 4.53. The third kappa shape index (κ3) is 2.09. The lowest BCUT2D eigenvalue weighted by atomic mass is 10.3. The molecule has 0 unspecified atom stereocenters. The van der Waals surface area contributed by atoms with E-state index in [-0.39, 0.29) is 0 Å². The van der Waals surface area contributed by atoms with Crippen molar-refractivity contribution < 1.29 is 0 Å². The van der Waals surface area contributed by atoms with Crippen LogP contribution in [0.4, 0.5) is 5.82 Å². The number of nitrogens with zero attached hydrogens (tertiary/aromatic N) is 3. The van der Waals surface area contributed by atoms with Crippen LogP contribution in [0.2, 0.25) is 0 Å². The molecule has 0 spiro atoms. The molecule has 0 aliphatic heterocycles. The van der Waals surface area contributed by atoms with Crippen LogP contribution >= 0.6 is 15.9 Å².